The zero-order valence-corrected chi connectivity index (χ0v) is 16.9. The zero-order chi connectivity index (χ0) is 19.8. The number of ether oxygens (including phenoxy) is 1. The van der Waals surface area contributed by atoms with E-state index in [4.69, 9.17) is 4.74 Å². The van der Waals surface area contributed by atoms with E-state index in [0.29, 0.717) is 13.0 Å². The third kappa shape index (κ3) is 6.15. The Bertz CT molecular complexity index is 579. The van der Waals surface area contributed by atoms with E-state index in [9.17, 15) is 14.7 Å². The number of esters is 1. The van der Waals surface area contributed by atoms with E-state index in [0.717, 1.165) is 19.3 Å². The Morgan fingerprint density at radius 3 is 2.23 bits per heavy atom. The average molecular weight is 363 g/mol. The van der Waals surface area contributed by atoms with E-state index in [1.54, 1.807) is 13.8 Å². The van der Waals surface area contributed by atoms with Gasteiger partial charge in [-0.3, -0.25) is 9.59 Å². The number of carbonyl (C=O) groups is 2. The van der Waals surface area contributed by atoms with Gasteiger partial charge in [-0.2, -0.15) is 0 Å². The average Bonchev–Trinajstić information content (AvgIpc) is 2.60. The third-order valence-electron chi connectivity index (χ3n) is 5.10. The van der Waals surface area contributed by atoms with Gasteiger partial charge in [0.1, 0.15) is 0 Å². The Labute approximate surface area is 158 Å². The molecule has 0 saturated carbocycles. The van der Waals surface area contributed by atoms with E-state index >= 15 is 0 Å². The Morgan fingerprint density at radius 1 is 1.12 bits per heavy atom. The second-order valence-electron chi connectivity index (χ2n) is 8.14. The molecule has 0 aliphatic heterocycles. The van der Waals surface area contributed by atoms with Gasteiger partial charge in [-0.15, -0.1) is 0 Å². The summed E-state index contributed by atoms with van der Waals surface area (Å²) >= 11 is 0. The maximum absolute atomic E-state index is 12.9. The maximum Gasteiger partial charge on any atom is 0.311 e. The first-order valence-electron chi connectivity index (χ1n) is 9.62. The fourth-order valence-electron chi connectivity index (χ4n) is 3.53. The van der Waals surface area contributed by atoms with Crippen molar-refractivity contribution in [1.29, 1.82) is 0 Å². The maximum atomic E-state index is 12.9. The molecule has 1 rings (SSSR count). The van der Waals surface area contributed by atoms with Crippen LogP contribution in [-0.4, -0.2) is 23.7 Å². The predicted molar refractivity (Wildman–Crippen MR) is 104 cm³/mol. The molecule has 4 heteroatoms. The fourth-order valence-corrected chi connectivity index (χ4v) is 3.53. The Kier molecular flexibility index (Phi) is 8.32. The van der Waals surface area contributed by atoms with E-state index in [-0.39, 0.29) is 18.3 Å². The molecular weight excluding hydrogens is 328 g/mol. The number of hydrogen-bond donors (Lipinski definition) is 1. The molecule has 0 aliphatic carbocycles. The molecule has 0 heterocycles. The molecule has 1 aromatic rings. The lowest BCUT2D eigenvalue weighted by molar-refractivity contribution is -0.161. The summed E-state index contributed by atoms with van der Waals surface area (Å²) in [5.74, 6) is -0.989. The van der Waals surface area contributed by atoms with Gasteiger partial charge in [-0.1, -0.05) is 50.6 Å². The molecule has 0 bridgehead atoms. The second-order valence-corrected chi connectivity index (χ2v) is 8.14. The largest absolute Gasteiger partial charge is 0.481 e. The topological polar surface area (TPSA) is 63.6 Å². The van der Waals surface area contributed by atoms with Crippen LogP contribution in [0.1, 0.15) is 78.2 Å². The minimum absolute atomic E-state index is 0.185. The van der Waals surface area contributed by atoms with E-state index < -0.39 is 16.8 Å². The summed E-state index contributed by atoms with van der Waals surface area (Å²) in [5.41, 5.74) is -0.657. The van der Waals surface area contributed by atoms with Crippen LogP contribution in [0.5, 0.6) is 0 Å². The van der Waals surface area contributed by atoms with Crippen molar-refractivity contribution in [3.05, 3.63) is 35.9 Å². The number of hydrogen-bond acceptors (Lipinski definition) is 3. The Morgan fingerprint density at radius 2 is 1.73 bits per heavy atom. The monoisotopic (exact) mass is 362 g/mol. The van der Waals surface area contributed by atoms with Gasteiger partial charge in [0.15, 0.2) is 0 Å². The normalized spacial score (nSPS) is 15.1. The zero-order valence-electron chi connectivity index (χ0n) is 16.9. The predicted octanol–water partition coefficient (Wildman–Crippen LogP) is 5.42. The number of carboxylic acid groups (broad SMARTS) is 1. The first-order chi connectivity index (χ1) is 12.2. The van der Waals surface area contributed by atoms with Crippen molar-refractivity contribution in [2.24, 2.45) is 10.8 Å². The quantitative estimate of drug-likeness (QED) is 0.422. The number of rotatable bonds is 11. The van der Waals surface area contributed by atoms with Crippen LogP contribution in [0.15, 0.2) is 30.3 Å². The molecule has 0 saturated heterocycles. The van der Waals surface area contributed by atoms with Crippen LogP contribution in [0.4, 0.5) is 0 Å². The van der Waals surface area contributed by atoms with Gasteiger partial charge >= 0.3 is 11.9 Å². The van der Waals surface area contributed by atoms with Crippen LogP contribution in [-0.2, 0) is 14.3 Å². The first-order valence-corrected chi connectivity index (χ1v) is 9.62. The van der Waals surface area contributed by atoms with Crippen molar-refractivity contribution in [2.75, 3.05) is 6.61 Å². The Hall–Kier alpha value is -1.84. The summed E-state index contributed by atoms with van der Waals surface area (Å²) in [4.78, 5) is 24.6. The minimum Gasteiger partial charge on any atom is -0.481 e. The smallest absolute Gasteiger partial charge is 0.311 e. The lowest BCUT2D eigenvalue weighted by atomic mass is 9.68. The number of aliphatic carboxylic acids is 1. The molecule has 0 amide bonds. The number of unbranched alkanes of at least 4 members (excludes halogenated alkanes) is 1. The summed E-state index contributed by atoms with van der Waals surface area (Å²) in [6.45, 7) is 9.75. The fraction of sp³-hybridized carbons (Fsp3) is 0.636. The second kappa shape index (κ2) is 9.75. The summed E-state index contributed by atoms with van der Waals surface area (Å²) in [5, 5.41) is 9.56. The number of carboxylic acids is 1. The summed E-state index contributed by atoms with van der Waals surface area (Å²) < 4.78 is 5.52. The van der Waals surface area contributed by atoms with Crippen LogP contribution >= 0.6 is 0 Å². The standard InChI is InChI=1S/C22H34O4/c1-6-8-14-26-20(25)22(5,16-21(3,4)19(23)24)15-17(7-2)18-12-10-9-11-13-18/h9-13,17H,6-8,14-16H2,1-5H3,(H,23,24). The summed E-state index contributed by atoms with van der Waals surface area (Å²) in [7, 11) is 0. The summed E-state index contributed by atoms with van der Waals surface area (Å²) in [6, 6.07) is 10.1. The van der Waals surface area contributed by atoms with Crippen molar-refractivity contribution in [3.8, 4) is 0 Å². The van der Waals surface area contributed by atoms with Crippen molar-refractivity contribution in [2.45, 2.75) is 72.6 Å². The molecular formula is C22H34O4. The molecule has 2 unspecified atom stereocenters. The molecule has 0 radical (unpaired) electrons. The highest BCUT2D eigenvalue weighted by Crippen LogP contribution is 2.43. The van der Waals surface area contributed by atoms with E-state index in [1.165, 1.54) is 5.56 Å². The first kappa shape index (κ1) is 22.2. The van der Waals surface area contributed by atoms with Crippen molar-refractivity contribution >= 4 is 11.9 Å². The highest BCUT2D eigenvalue weighted by molar-refractivity contribution is 5.79. The van der Waals surface area contributed by atoms with Gasteiger partial charge in [0.25, 0.3) is 0 Å². The molecule has 0 fully saturated rings. The molecule has 26 heavy (non-hydrogen) atoms. The molecule has 146 valence electrons. The van der Waals surface area contributed by atoms with Crippen molar-refractivity contribution in [3.63, 3.8) is 0 Å². The van der Waals surface area contributed by atoms with Gasteiger partial charge in [0, 0.05) is 0 Å². The summed E-state index contributed by atoms with van der Waals surface area (Å²) in [6.07, 6.45) is 3.49. The molecule has 2 atom stereocenters. The molecule has 0 aromatic heterocycles. The van der Waals surface area contributed by atoms with E-state index in [2.05, 4.69) is 19.1 Å². The lowest BCUT2D eigenvalue weighted by Crippen LogP contribution is -2.39. The molecule has 1 aromatic carbocycles. The van der Waals surface area contributed by atoms with Crippen molar-refractivity contribution in [1.82, 2.24) is 0 Å². The molecule has 4 nitrogen and oxygen atoms in total. The minimum atomic E-state index is -0.993. The number of benzene rings is 1. The highest BCUT2D eigenvalue weighted by atomic mass is 16.5. The van der Waals surface area contributed by atoms with Gasteiger partial charge in [-0.25, -0.2) is 0 Å². The SMILES string of the molecule is CCCCOC(=O)C(C)(CC(CC)c1ccccc1)CC(C)(C)C(=O)O. The highest BCUT2D eigenvalue weighted by Gasteiger charge is 2.44. The van der Waals surface area contributed by atoms with Gasteiger partial charge in [-0.05, 0) is 57.9 Å². The van der Waals surface area contributed by atoms with Crippen LogP contribution in [0, 0.1) is 10.8 Å². The number of carbonyl (C=O) groups excluding carboxylic acids is 1. The third-order valence-corrected chi connectivity index (χ3v) is 5.10. The van der Waals surface area contributed by atoms with Crippen LogP contribution in [0.3, 0.4) is 0 Å². The Balaban J connectivity index is 3.09. The van der Waals surface area contributed by atoms with Crippen LogP contribution in [0.25, 0.3) is 0 Å². The molecule has 1 N–H and O–H groups in total. The molecule has 0 spiro atoms. The lowest BCUT2D eigenvalue weighted by Gasteiger charge is -2.36. The molecule has 0 aliphatic rings. The van der Waals surface area contributed by atoms with E-state index in [1.807, 2.05) is 32.0 Å². The van der Waals surface area contributed by atoms with Crippen molar-refractivity contribution < 1.29 is 19.4 Å². The van der Waals surface area contributed by atoms with Gasteiger partial charge < -0.3 is 9.84 Å². The van der Waals surface area contributed by atoms with Gasteiger partial charge in [0.2, 0.25) is 0 Å². The van der Waals surface area contributed by atoms with Crippen LogP contribution in [0.2, 0.25) is 0 Å². The van der Waals surface area contributed by atoms with Crippen LogP contribution < -0.4 is 0 Å². The van der Waals surface area contributed by atoms with Gasteiger partial charge in [0.05, 0.1) is 17.4 Å².